The van der Waals surface area contributed by atoms with Crippen LogP contribution < -0.4 is 0 Å². The first kappa shape index (κ1) is 9.06. The second-order valence-electron chi connectivity index (χ2n) is 3.06. The lowest BCUT2D eigenvalue weighted by atomic mass is 10.3. The lowest BCUT2D eigenvalue weighted by Crippen LogP contribution is -1.91. The maximum Gasteiger partial charge on any atom is 0.198 e. The Balaban J connectivity index is 2.61. The van der Waals surface area contributed by atoms with E-state index in [9.17, 15) is 0 Å². The Morgan fingerprint density at radius 2 is 2.20 bits per heavy atom. The fourth-order valence-electron chi connectivity index (χ4n) is 1.49. The molecule has 74 valence electrons. The number of fused-ring (bicyclic) bond motifs is 3. The molecule has 2 aromatic heterocycles. The van der Waals surface area contributed by atoms with E-state index in [0.29, 0.717) is 10.8 Å². The minimum absolute atomic E-state index is 0.363. The Morgan fingerprint density at radius 3 is 3.07 bits per heavy atom. The predicted octanol–water partition coefficient (Wildman–Crippen LogP) is 2.69. The molecule has 0 saturated heterocycles. The van der Waals surface area contributed by atoms with Crippen molar-refractivity contribution in [3.63, 3.8) is 0 Å². The Kier molecular flexibility index (Phi) is 1.90. The molecule has 1 aromatic carbocycles. The van der Waals surface area contributed by atoms with Crippen LogP contribution in [0.3, 0.4) is 0 Å². The van der Waals surface area contributed by atoms with Crippen molar-refractivity contribution in [2.75, 3.05) is 0 Å². The number of aromatic nitrogens is 4. The zero-order valence-electron chi connectivity index (χ0n) is 7.35. The maximum atomic E-state index is 5.97. The van der Waals surface area contributed by atoms with E-state index in [0.717, 1.165) is 15.5 Å². The van der Waals surface area contributed by atoms with E-state index in [1.54, 1.807) is 6.33 Å². The first-order valence-electron chi connectivity index (χ1n) is 4.20. The second kappa shape index (κ2) is 3.15. The van der Waals surface area contributed by atoms with E-state index in [1.165, 1.54) is 0 Å². The van der Waals surface area contributed by atoms with E-state index >= 15 is 0 Å². The SMILES string of the molecule is Clc1nc2ccc(Br)cc2n2cnnc12. The number of rotatable bonds is 0. The summed E-state index contributed by atoms with van der Waals surface area (Å²) in [6, 6.07) is 5.77. The van der Waals surface area contributed by atoms with Gasteiger partial charge in [0.2, 0.25) is 0 Å². The summed E-state index contributed by atoms with van der Waals surface area (Å²) in [6.07, 6.45) is 1.62. The van der Waals surface area contributed by atoms with Gasteiger partial charge in [0, 0.05) is 4.47 Å². The standard InChI is InChI=1S/C9H4BrClN4/c10-5-1-2-6-7(3-5)15-4-12-14-9(15)8(11)13-6/h1-4H. The van der Waals surface area contributed by atoms with E-state index in [-0.39, 0.29) is 0 Å². The van der Waals surface area contributed by atoms with Gasteiger partial charge < -0.3 is 0 Å². The summed E-state index contributed by atoms with van der Waals surface area (Å²) in [7, 11) is 0. The van der Waals surface area contributed by atoms with Crippen LogP contribution in [0.4, 0.5) is 0 Å². The van der Waals surface area contributed by atoms with Gasteiger partial charge in [0.15, 0.2) is 10.8 Å². The molecular formula is C9H4BrClN4. The van der Waals surface area contributed by atoms with Gasteiger partial charge >= 0.3 is 0 Å². The Bertz CT molecular complexity index is 664. The van der Waals surface area contributed by atoms with Crippen molar-refractivity contribution in [3.8, 4) is 0 Å². The van der Waals surface area contributed by atoms with Crippen molar-refractivity contribution >= 4 is 44.2 Å². The molecule has 0 spiro atoms. The molecule has 0 aliphatic carbocycles. The van der Waals surface area contributed by atoms with Crippen LogP contribution in [0.5, 0.6) is 0 Å². The monoisotopic (exact) mass is 282 g/mol. The van der Waals surface area contributed by atoms with E-state index in [1.807, 2.05) is 22.6 Å². The van der Waals surface area contributed by atoms with E-state index in [2.05, 4.69) is 31.1 Å². The number of benzene rings is 1. The van der Waals surface area contributed by atoms with Gasteiger partial charge in [-0.25, -0.2) is 4.98 Å². The molecule has 0 bridgehead atoms. The maximum absolute atomic E-state index is 5.97. The van der Waals surface area contributed by atoms with Gasteiger partial charge in [0.1, 0.15) is 6.33 Å². The zero-order chi connectivity index (χ0) is 10.4. The highest BCUT2D eigenvalue weighted by molar-refractivity contribution is 9.10. The Labute approximate surface area is 98.0 Å². The summed E-state index contributed by atoms with van der Waals surface area (Å²) in [5.74, 6) is 0. The molecule has 0 unspecified atom stereocenters. The first-order valence-corrected chi connectivity index (χ1v) is 5.37. The van der Waals surface area contributed by atoms with Crippen LogP contribution in [0.25, 0.3) is 16.7 Å². The highest BCUT2D eigenvalue weighted by atomic mass is 79.9. The van der Waals surface area contributed by atoms with Crippen LogP contribution in [0, 0.1) is 0 Å². The molecule has 0 amide bonds. The average molecular weight is 284 g/mol. The number of hydrogen-bond acceptors (Lipinski definition) is 3. The fourth-order valence-corrected chi connectivity index (χ4v) is 2.06. The minimum atomic E-state index is 0.363. The largest absolute Gasteiger partial charge is 0.277 e. The minimum Gasteiger partial charge on any atom is -0.277 e. The second-order valence-corrected chi connectivity index (χ2v) is 4.33. The van der Waals surface area contributed by atoms with Gasteiger partial charge in [-0.1, -0.05) is 27.5 Å². The van der Waals surface area contributed by atoms with Gasteiger partial charge in [-0.3, -0.25) is 4.40 Å². The molecule has 15 heavy (non-hydrogen) atoms. The average Bonchev–Trinajstić information content (AvgIpc) is 2.69. The summed E-state index contributed by atoms with van der Waals surface area (Å²) in [4.78, 5) is 4.24. The summed E-state index contributed by atoms with van der Waals surface area (Å²) < 4.78 is 2.80. The van der Waals surface area contributed by atoms with Crippen LogP contribution in [-0.4, -0.2) is 19.6 Å². The molecule has 2 heterocycles. The molecule has 0 atom stereocenters. The van der Waals surface area contributed by atoms with Gasteiger partial charge in [0.05, 0.1) is 11.0 Å². The molecule has 0 aliphatic rings. The molecule has 0 N–H and O–H groups in total. The topological polar surface area (TPSA) is 43.1 Å². The van der Waals surface area contributed by atoms with Crippen molar-refractivity contribution < 1.29 is 0 Å². The van der Waals surface area contributed by atoms with Gasteiger partial charge in [0.25, 0.3) is 0 Å². The molecular weight excluding hydrogens is 279 g/mol. The molecule has 3 aromatic rings. The summed E-state index contributed by atoms with van der Waals surface area (Å²) >= 11 is 9.38. The van der Waals surface area contributed by atoms with Crippen LogP contribution >= 0.6 is 27.5 Å². The summed E-state index contributed by atoms with van der Waals surface area (Å²) in [5.41, 5.74) is 2.31. The molecule has 0 saturated carbocycles. The third kappa shape index (κ3) is 1.31. The fraction of sp³-hybridized carbons (Fsp3) is 0. The summed E-state index contributed by atoms with van der Waals surface area (Å²) in [5, 5.41) is 8.08. The Hall–Kier alpha value is -1.20. The van der Waals surface area contributed by atoms with Crippen LogP contribution in [0.1, 0.15) is 0 Å². The lowest BCUT2D eigenvalue weighted by Gasteiger charge is -2.02. The predicted molar refractivity (Wildman–Crippen MR) is 61.0 cm³/mol. The van der Waals surface area contributed by atoms with Crippen LogP contribution in [0.15, 0.2) is 29.0 Å². The van der Waals surface area contributed by atoms with Crippen molar-refractivity contribution in [1.82, 2.24) is 19.6 Å². The number of nitrogens with zero attached hydrogens (tertiary/aromatic N) is 4. The smallest absolute Gasteiger partial charge is 0.198 e. The molecule has 0 aliphatic heterocycles. The molecule has 0 radical (unpaired) electrons. The van der Waals surface area contributed by atoms with Crippen molar-refractivity contribution in [2.45, 2.75) is 0 Å². The molecule has 4 nitrogen and oxygen atoms in total. The zero-order valence-corrected chi connectivity index (χ0v) is 9.70. The highest BCUT2D eigenvalue weighted by Crippen LogP contribution is 2.22. The van der Waals surface area contributed by atoms with Gasteiger partial charge in [-0.2, -0.15) is 0 Å². The third-order valence-corrected chi connectivity index (χ3v) is 2.89. The van der Waals surface area contributed by atoms with Crippen LogP contribution in [0.2, 0.25) is 5.15 Å². The van der Waals surface area contributed by atoms with Crippen molar-refractivity contribution in [2.24, 2.45) is 0 Å². The third-order valence-electron chi connectivity index (χ3n) is 2.15. The molecule has 6 heteroatoms. The van der Waals surface area contributed by atoms with E-state index in [4.69, 9.17) is 11.6 Å². The van der Waals surface area contributed by atoms with Gasteiger partial charge in [-0.05, 0) is 18.2 Å². The van der Waals surface area contributed by atoms with Crippen molar-refractivity contribution in [3.05, 3.63) is 34.2 Å². The van der Waals surface area contributed by atoms with Gasteiger partial charge in [-0.15, -0.1) is 10.2 Å². The molecule has 0 fully saturated rings. The van der Waals surface area contributed by atoms with Crippen molar-refractivity contribution in [1.29, 1.82) is 0 Å². The number of hydrogen-bond donors (Lipinski definition) is 0. The summed E-state index contributed by atoms with van der Waals surface area (Å²) in [6.45, 7) is 0. The normalized spacial score (nSPS) is 11.3. The first-order chi connectivity index (χ1) is 7.25. The lowest BCUT2D eigenvalue weighted by molar-refractivity contribution is 1.11. The highest BCUT2D eigenvalue weighted by Gasteiger charge is 2.07. The quantitative estimate of drug-likeness (QED) is 0.637. The molecule has 3 rings (SSSR count). The number of halogens is 2. The van der Waals surface area contributed by atoms with E-state index < -0.39 is 0 Å². The van der Waals surface area contributed by atoms with Crippen LogP contribution in [-0.2, 0) is 0 Å². The Morgan fingerprint density at radius 1 is 1.33 bits per heavy atom.